The maximum Gasteiger partial charge on any atom is 0.322 e. The average molecular weight is 497 g/mol. The molecule has 0 aromatic heterocycles. The Labute approximate surface area is 202 Å². The van der Waals surface area contributed by atoms with Crippen molar-refractivity contribution in [3.05, 3.63) is 35.9 Å². The lowest BCUT2D eigenvalue weighted by Crippen LogP contribution is -2.50. The van der Waals surface area contributed by atoms with E-state index in [-0.39, 0.29) is 23.8 Å². The lowest BCUT2D eigenvalue weighted by atomic mass is 10.1. The molecule has 1 rings (SSSR count). The van der Waals surface area contributed by atoms with Crippen molar-refractivity contribution in [3.8, 4) is 0 Å². The largest absolute Gasteiger partial charge is 0.480 e. The van der Waals surface area contributed by atoms with Crippen molar-refractivity contribution in [3.63, 3.8) is 0 Å². The average Bonchev–Trinajstić information content (AvgIpc) is 2.81. The van der Waals surface area contributed by atoms with Gasteiger partial charge in [0.1, 0.15) is 18.6 Å². The Bertz CT molecular complexity index is 834. The molecule has 0 unspecified atom stereocenters. The van der Waals surface area contributed by atoms with E-state index in [1.54, 1.807) is 4.90 Å². The first kappa shape index (κ1) is 28.9. The highest BCUT2D eigenvalue weighted by atomic mass is 32.2. The number of nitrogens with zero attached hydrogens (tertiary/aromatic N) is 1. The molecular weight excluding hydrogens is 464 g/mol. The third-order valence-corrected chi connectivity index (χ3v) is 5.82. The highest BCUT2D eigenvalue weighted by Gasteiger charge is 2.25. The molecule has 11 nitrogen and oxygen atoms in total. The monoisotopic (exact) mass is 496 g/mol. The zero-order chi connectivity index (χ0) is 25.5. The van der Waals surface area contributed by atoms with E-state index in [2.05, 4.69) is 16.0 Å². The normalized spacial score (nSPS) is 12.3. The van der Waals surface area contributed by atoms with Gasteiger partial charge in [-0.2, -0.15) is 0 Å². The maximum absolute atomic E-state index is 12.5. The van der Waals surface area contributed by atoms with Crippen molar-refractivity contribution in [1.82, 2.24) is 20.9 Å². The number of hydrogen-bond donors (Lipinski definition) is 5. The standard InChI is InChI=1S/C22H32N4O7S/c1-3-26(4-2)22(33)34-14-17(20(30)24-13-19(28)29)25-18(27)11-10-16(21(31)32)23-12-15-8-6-5-7-9-15/h5-9,16-17,23H,3-4,10-14H2,1-2H3,(H,24,30)(H,25,27)(H,28,29)(H,31,32)/t16-,17+/m1/s1. The molecule has 3 amide bonds. The van der Waals surface area contributed by atoms with Crippen molar-refractivity contribution in [2.24, 2.45) is 0 Å². The van der Waals surface area contributed by atoms with Gasteiger partial charge in [0.05, 0.1) is 0 Å². The number of rotatable bonds is 15. The van der Waals surface area contributed by atoms with E-state index in [1.807, 2.05) is 44.2 Å². The van der Waals surface area contributed by atoms with Gasteiger partial charge in [-0.25, -0.2) is 0 Å². The summed E-state index contributed by atoms with van der Waals surface area (Å²) in [6.45, 7) is 4.26. The summed E-state index contributed by atoms with van der Waals surface area (Å²) in [6.07, 6.45) is -0.209. The number of nitrogens with one attached hydrogen (secondary N) is 3. The van der Waals surface area contributed by atoms with E-state index >= 15 is 0 Å². The smallest absolute Gasteiger partial charge is 0.322 e. The molecule has 0 spiro atoms. The van der Waals surface area contributed by atoms with Crippen LogP contribution in [0.5, 0.6) is 0 Å². The number of hydrogen-bond acceptors (Lipinski definition) is 7. The maximum atomic E-state index is 12.5. The molecule has 0 aliphatic carbocycles. The van der Waals surface area contributed by atoms with E-state index in [1.165, 1.54) is 0 Å². The Hall–Kier alpha value is -3.12. The number of amides is 3. The summed E-state index contributed by atoms with van der Waals surface area (Å²) in [5.41, 5.74) is 0.892. The summed E-state index contributed by atoms with van der Waals surface area (Å²) in [4.78, 5) is 60.9. The molecule has 12 heteroatoms. The summed E-state index contributed by atoms with van der Waals surface area (Å²) in [6, 6.07) is 7.06. The van der Waals surface area contributed by atoms with Gasteiger partial charge in [0.25, 0.3) is 5.24 Å². The number of benzene rings is 1. The minimum atomic E-state index is -1.25. The number of carboxylic acid groups (broad SMARTS) is 2. The van der Waals surface area contributed by atoms with Crippen molar-refractivity contribution in [1.29, 1.82) is 0 Å². The van der Waals surface area contributed by atoms with Crippen LogP contribution in [0, 0.1) is 0 Å². The zero-order valence-electron chi connectivity index (χ0n) is 19.3. The van der Waals surface area contributed by atoms with Crippen LogP contribution in [0.1, 0.15) is 32.3 Å². The summed E-state index contributed by atoms with van der Waals surface area (Å²) < 4.78 is 0. The Morgan fingerprint density at radius 3 is 2.21 bits per heavy atom. The molecule has 0 heterocycles. The van der Waals surface area contributed by atoms with Crippen molar-refractivity contribution in [2.75, 3.05) is 25.4 Å². The van der Waals surface area contributed by atoms with Gasteiger partial charge >= 0.3 is 11.9 Å². The van der Waals surface area contributed by atoms with E-state index in [4.69, 9.17) is 5.11 Å². The van der Waals surface area contributed by atoms with E-state index < -0.39 is 42.4 Å². The highest BCUT2D eigenvalue weighted by Crippen LogP contribution is 2.11. The molecule has 2 atom stereocenters. The zero-order valence-corrected chi connectivity index (χ0v) is 20.1. The molecular formula is C22H32N4O7S. The predicted molar refractivity (Wildman–Crippen MR) is 127 cm³/mol. The van der Waals surface area contributed by atoms with Gasteiger partial charge in [-0.05, 0) is 25.8 Å². The van der Waals surface area contributed by atoms with Crippen LogP contribution in [-0.2, 0) is 25.7 Å². The Morgan fingerprint density at radius 2 is 1.65 bits per heavy atom. The van der Waals surface area contributed by atoms with Crippen molar-refractivity contribution >= 4 is 40.8 Å². The third-order valence-electron chi connectivity index (χ3n) is 4.81. The van der Waals surface area contributed by atoms with Crippen LogP contribution in [0.4, 0.5) is 4.79 Å². The second-order valence-electron chi connectivity index (χ2n) is 7.28. The fourth-order valence-corrected chi connectivity index (χ4v) is 3.87. The third kappa shape index (κ3) is 11.1. The van der Waals surface area contributed by atoms with Gasteiger partial charge in [0, 0.05) is 31.8 Å². The van der Waals surface area contributed by atoms with Crippen molar-refractivity contribution in [2.45, 2.75) is 45.3 Å². The second kappa shape index (κ2) is 15.7. The van der Waals surface area contributed by atoms with Gasteiger partial charge in [-0.3, -0.25) is 24.0 Å². The summed E-state index contributed by atoms with van der Waals surface area (Å²) in [5, 5.41) is 25.5. The summed E-state index contributed by atoms with van der Waals surface area (Å²) >= 11 is 0.839. The van der Waals surface area contributed by atoms with Gasteiger partial charge in [-0.1, -0.05) is 42.1 Å². The first-order chi connectivity index (χ1) is 16.2. The quantitative estimate of drug-likeness (QED) is 0.237. The molecule has 0 aliphatic heterocycles. The number of carbonyl (C=O) groups is 5. The molecule has 188 valence electrons. The lowest BCUT2D eigenvalue weighted by molar-refractivity contribution is -0.140. The number of carboxylic acids is 2. The molecule has 34 heavy (non-hydrogen) atoms. The Balaban J connectivity index is 2.69. The van der Waals surface area contributed by atoms with Crippen LogP contribution in [0.15, 0.2) is 30.3 Å². The fourth-order valence-electron chi connectivity index (χ4n) is 2.89. The first-order valence-electron chi connectivity index (χ1n) is 10.9. The minimum Gasteiger partial charge on any atom is -0.480 e. The molecule has 0 saturated heterocycles. The predicted octanol–water partition coefficient (Wildman–Crippen LogP) is 0.890. The molecule has 0 aliphatic rings. The number of aliphatic carboxylic acids is 2. The van der Waals surface area contributed by atoms with Crippen LogP contribution in [0.25, 0.3) is 0 Å². The Kier molecular flexibility index (Phi) is 13.3. The number of thioether (sulfide) groups is 1. The van der Waals surface area contributed by atoms with Crippen LogP contribution in [-0.4, -0.2) is 81.6 Å². The van der Waals surface area contributed by atoms with E-state index in [0.29, 0.717) is 19.6 Å². The Morgan fingerprint density at radius 1 is 1.00 bits per heavy atom. The lowest BCUT2D eigenvalue weighted by Gasteiger charge is -2.21. The molecule has 0 saturated carbocycles. The van der Waals surface area contributed by atoms with Gasteiger partial charge in [0.2, 0.25) is 11.8 Å². The van der Waals surface area contributed by atoms with Crippen LogP contribution < -0.4 is 16.0 Å². The summed E-state index contributed by atoms with van der Waals surface area (Å²) in [5.74, 6) is -3.79. The molecule has 5 N–H and O–H groups in total. The minimum absolute atomic E-state index is 0.0248. The van der Waals surface area contributed by atoms with Gasteiger partial charge < -0.3 is 31.1 Å². The molecule has 1 aromatic rings. The SMILES string of the molecule is CCN(CC)C(=O)SC[C@H](NC(=O)CC[C@@H](NCc1ccccc1)C(=O)O)C(=O)NCC(=O)O. The van der Waals surface area contributed by atoms with Crippen LogP contribution in [0.3, 0.4) is 0 Å². The van der Waals surface area contributed by atoms with Gasteiger partial charge in [-0.15, -0.1) is 0 Å². The molecule has 0 fully saturated rings. The van der Waals surface area contributed by atoms with Crippen molar-refractivity contribution < 1.29 is 34.2 Å². The molecule has 0 radical (unpaired) electrons. The molecule has 0 bridgehead atoms. The highest BCUT2D eigenvalue weighted by molar-refractivity contribution is 8.13. The van der Waals surface area contributed by atoms with Crippen LogP contribution in [0.2, 0.25) is 0 Å². The molecule has 1 aromatic carbocycles. The van der Waals surface area contributed by atoms with E-state index in [9.17, 15) is 29.1 Å². The topological polar surface area (TPSA) is 165 Å². The van der Waals surface area contributed by atoms with Crippen LogP contribution >= 0.6 is 11.8 Å². The van der Waals surface area contributed by atoms with E-state index in [0.717, 1.165) is 17.3 Å². The van der Waals surface area contributed by atoms with Gasteiger partial charge in [0.15, 0.2) is 0 Å². The fraction of sp³-hybridized carbons (Fsp3) is 0.500. The second-order valence-corrected chi connectivity index (χ2v) is 8.25. The summed E-state index contributed by atoms with van der Waals surface area (Å²) in [7, 11) is 0. The number of carbonyl (C=O) groups excluding carboxylic acids is 3. The first-order valence-corrected chi connectivity index (χ1v) is 11.9.